The van der Waals surface area contributed by atoms with Gasteiger partial charge in [0.1, 0.15) is 0 Å². The van der Waals surface area contributed by atoms with Crippen molar-refractivity contribution in [3.8, 4) is 0 Å². The van der Waals surface area contributed by atoms with Crippen LogP contribution in [0.5, 0.6) is 0 Å². The van der Waals surface area contributed by atoms with Crippen molar-refractivity contribution in [2.75, 3.05) is 32.1 Å². The Bertz CT molecular complexity index is 399. The maximum atomic E-state index is 11.8. The Hall–Kier alpha value is -1.55. The smallest absolute Gasteiger partial charge is 0.241 e. The average molecular weight is 264 g/mol. The molecule has 0 heterocycles. The molecule has 1 N–H and O–H groups in total. The number of hydrogen-bond acceptors (Lipinski definition) is 3. The molecule has 1 atom stereocenters. The minimum absolute atomic E-state index is 0.0908. The molecule has 106 valence electrons. The maximum Gasteiger partial charge on any atom is 0.241 e. The molecule has 0 aliphatic carbocycles. The highest BCUT2D eigenvalue weighted by atomic mass is 16.3. The summed E-state index contributed by atoms with van der Waals surface area (Å²) in [6.45, 7) is 5.06. The first-order valence-electron chi connectivity index (χ1n) is 6.68. The van der Waals surface area contributed by atoms with Gasteiger partial charge in [0, 0.05) is 26.3 Å². The molecule has 0 spiro atoms. The number of rotatable bonds is 6. The van der Waals surface area contributed by atoms with Crippen LogP contribution in [0.1, 0.15) is 31.9 Å². The lowest BCUT2D eigenvalue weighted by Crippen LogP contribution is -2.37. The fourth-order valence-corrected chi connectivity index (χ4v) is 1.84. The number of amides is 1. The van der Waals surface area contributed by atoms with Crippen LogP contribution in [-0.2, 0) is 4.79 Å². The quantitative estimate of drug-likeness (QED) is 0.855. The van der Waals surface area contributed by atoms with E-state index >= 15 is 0 Å². The molecule has 0 aliphatic heterocycles. The summed E-state index contributed by atoms with van der Waals surface area (Å²) in [6.07, 6.45) is 0.524. The lowest BCUT2D eigenvalue weighted by atomic mass is 10.1. The van der Waals surface area contributed by atoms with E-state index in [-0.39, 0.29) is 5.91 Å². The second kappa shape index (κ2) is 7.14. The maximum absolute atomic E-state index is 11.8. The third-order valence-corrected chi connectivity index (χ3v) is 3.06. The van der Waals surface area contributed by atoms with Gasteiger partial charge >= 0.3 is 0 Å². The van der Waals surface area contributed by atoms with Crippen LogP contribution in [0, 0.1) is 0 Å². The summed E-state index contributed by atoms with van der Waals surface area (Å²) in [5.74, 6) is 0.0908. The zero-order valence-corrected chi connectivity index (χ0v) is 12.3. The Morgan fingerprint density at radius 2 is 1.84 bits per heavy atom. The van der Waals surface area contributed by atoms with Crippen molar-refractivity contribution in [3.05, 3.63) is 29.8 Å². The number of benzene rings is 1. The first kappa shape index (κ1) is 15.5. The van der Waals surface area contributed by atoms with Crippen LogP contribution in [0.3, 0.4) is 0 Å². The summed E-state index contributed by atoms with van der Waals surface area (Å²) >= 11 is 0. The molecular formula is C15H24N2O2. The van der Waals surface area contributed by atoms with Crippen molar-refractivity contribution in [1.29, 1.82) is 0 Å². The SMILES string of the molecule is CCCN(CC(=O)N(C)C)c1ccc([C@H](C)O)cc1. The number of nitrogens with zero attached hydrogens (tertiary/aromatic N) is 2. The van der Waals surface area contributed by atoms with E-state index in [2.05, 4.69) is 11.8 Å². The largest absolute Gasteiger partial charge is 0.389 e. The molecule has 0 aromatic heterocycles. The van der Waals surface area contributed by atoms with Gasteiger partial charge in [0.25, 0.3) is 0 Å². The number of hydrogen-bond donors (Lipinski definition) is 1. The van der Waals surface area contributed by atoms with E-state index in [4.69, 9.17) is 0 Å². The lowest BCUT2D eigenvalue weighted by molar-refractivity contribution is -0.127. The molecular weight excluding hydrogens is 240 g/mol. The van der Waals surface area contributed by atoms with Gasteiger partial charge in [0.15, 0.2) is 0 Å². The van der Waals surface area contributed by atoms with E-state index in [1.54, 1.807) is 25.9 Å². The zero-order valence-electron chi connectivity index (χ0n) is 12.3. The van der Waals surface area contributed by atoms with E-state index in [1.165, 1.54) is 0 Å². The molecule has 0 bridgehead atoms. The lowest BCUT2D eigenvalue weighted by Gasteiger charge is -2.25. The minimum atomic E-state index is -0.461. The highest BCUT2D eigenvalue weighted by Gasteiger charge is 2.12. The first-order valence-corrected chi connectivity index (χ1v) is 6.68. The third-order valence-electron chi connectivity index (χ3n) is 3.06. The van der Waals surface area contributed by atoms with Gasteiger partial charge in [-0.05, 0) is 31.0 Å². The highest BCUT2D eigenvalue weighted by Crippen LogP contribution is 2.19. The minimum Gasteiger partial charge on any atom is -0.389 e. The summed E-state index contributed by atoms with van der Waals surface area (Å²) in [6, 6.07) is 7.73. The van der Waals surface area contributed by atoms with Crippen LogP contribution in [0.25, 0.3) is 0 Å². The van der Waals surface area contributed by atoms with Gasteiger partial charge in [-0.1, -0.05) is 19.1 Å². The van der Waals surface area contributed by atoms with Crippen molar-refractivity contribution in [2.45, 2.75) is 26.4 Å². The topological polar surface area (TPSA) is 43.8 Å². The fraction of sp³-hybridized carbons (Fsp3) is 0.533. The number of carbonyl (C=O) groups is 1. The molecule has 4 nitrogen and oxygen atoms in total. The van der Waals surface area contributed by atoms with Gasteiger partial charge < -0.3 is 14.9 Å². The van der Waals surface area contributed by atoms with E-state index in [9.17, 15) is 9.90 Å². The Kier molecular flexibility index (Phi) is 5.83. The molecule has 0 saturated heterocycles. The predicted octanol–water partition coefficient (Wildman–Crippen LogP) is 2.04. The first-order chi connectivity index (χ1) is 8.95. The van der Waals surface area contributed by atoms with Crippen molar-refractivity contribution in [1.82, 2.24) is 4.90 Å². The second-order valence-corrected chi connectivity index (χ2v) is 4.98. The van der Waals surface area contributed by atoms with Crippen molar-refractivity contribution in [3.63, 3.8) is 0 Å². The molecule has 1 amide bonds. The van der Waals surface area contributed by atoms with Crippen LogP contribution in [-0.4, -0.2) is 43.1 Å². The second-order valence-electron chi connectivity index (χ2n) is 4.98. The van der Waals surface area contributed by atoms with Gasteiger partial charge in [-0.2, -0.15) is 0 Å². The van der Waals surface area contributed by atoms with Crippen molar-refractivity contribution in [2.24, 2.45) is 0 Å². The summed E-state index contributed by atoms with van der Waals surface area (Å²) in [4.78, 5) is 15.5. The third kappa shape index (κ3) is 4.56. The Morgan fingerprint density at radius 3 is 2.26 bits per heavy atom. The fourth-order valence-electron chi connectivity index (χ4n) is 1.84. The highest BCUT2D eigenvalue weighted by molar-refractivity contribution is 5.81. The monoisotopic (exact) mass is 264 g/mol. The molecule has 4 heteroatoms. The molecule has 1 rings (SSSR count). The van der Waals surface area contributed by atoms with E-state index in [0.29, 0.717) is 6.54 Å². The Balaban J connectivity index is 2.83. The van der Waals surface area contributed by atoms with Crippen LogP contribution < -0.4 is 4.90 Å². The van der Waals surface area contributed by atoms with E-state index in [0.717, 1.165) is 24.2 Å². The number of aliphatic hydroxyl groups is 1. The molecule has 0 unspecified atom stereocenters. The number of carbonyl (C=O) groups excluding carboxylic acids is 1. The van der Waals surface area contributed by atoms with Crippen LogP contribution in [0.2, 0.25) is 0 Å². The van der Waals surface area contributed by atoms with Crippen LogP contribution in [0.4, 0.5) is 5.69 Å². The summed E-state index contributed by atoms with van der Waals surface area (Å²) in [5, 5.41) is 9.50. The van der Waals surface area contributed by atoms with Crippen molar-refractivity contribution >= 4 is 11.6 Å². The van der Waals surface area contributed by atoms with Gasteiger partial charge in [0.05, 0.1) is 12.6 Å². The Morgan fingerprint density at radius 1 is 1.26 bits per heavy atom. The number of aliphatic hydroxyl groups excluding tert-OH is 1. The Labute approximate surface area is 115 Å². The van der Waals surface area contributed by atoms with Crippen LogP contribution in [0.15, 0.2) is 24.3 Å². The van der Waals surface area contributed by atoms with Crippen molar-refractivity contribution < 1.29 is 9.90 Å². The van der Waals surface area contributed by atoms with E-state index in [1.807, 2.05) is 24.3 Å². The van der Waals surface area contributed by atoms with Gasteiger partial charge in [-0.15, -0.1) is 0 Å². The van der Waals surface area contributed by atoms with Gasteiger partial charge in [-0.25, -0.2) is 0 Å². The molecule has 0 aliphatic rings. The van der Waals surface area contributed by atoms with E-state index < -0.39 is 6.10 Å². The number of likely N-dealkylation sites (N-methyl/N-ethyl adjacent to an activating group) is 1. The molecule has 0 saturated carbocycles. The predicted molar refractivity (Wildman–Crippen MR) is 78.3 cm³/mol. The number of anilines is 1. The molecule has 19 heavy (non-hydrogen) atoms. The molecule has 0 radical (unpaired) electrons. The molecule has 0 fully saturated rings. The standard InChI is InChI=1S/C15H24N2O2/c1-5-10-17(11-15(19)16(3)4)14-8-6-13(7-9-14)12(2)18/h6-9,12,18H,5,10-11H2,1-4H3/t12-/m0/s1. The van der Waals surface area contributed by atoms with Gasteiger partial charge in [-0.3, -0.25) is 4.79 Å². The van der Waals surface area contributed by atoms with Crippen LogP contribution >= 0.6 is 0 Å². The summed E-state index contributed by atoms with van der Waals surface area (Å²) in [5.41, 5.74) is 1.90. The summed E-state index contributed by atoms with van der Waals surface area (Å²) in [7, 11) is 3.53. The zero-order chi connectivity index (χ0) is 14.4. The molecule has 1 aromatic carbocycles. The average Bonchev–Trinajstić information content (AvgIpc) is 2.38. The molecule has 1 aromatic rings. The van der Waals surface area contributed by atoms with Gasteiger partial charge in [0.2, 0.25) is 5.91 Å². The summed E-state index contributed by atoms with van der Waals surface area (Å²) < 4.78 is 0. The normalized spacial score (nSPS) is 12.1.